The van der Waals surface area contributed by atoms with Crippen LogP contribution in [-0.2, 0) is 10.0 Å². The van der Waals surface area contributed by atoms with Gasteiger partial charge in [-0.2, -0.15) is 0 Å². The Morgan fingerprint density at radius 1 is 1.27 bits per heavy atom. The molecular formula is C7H9F2N3O2S. The predicted molar refractivity (Wildman–Crippen MR) is 48.1 cm³/mol. The number of nitrogens with zero attached hydrogens (tertiary/aromatic N) is 2. The number of alkyl halides is 2. The molecule has 1 aromatic heterocycles. The highest BCUT2D eigenvalue weighted by Gasteiger charge is 2.20. The minimum Gasteiger partial charge on any atom is -0.249 e. The van der Waals surface area contributed by atoms with Crippen LogP contribution < -0.4 is 4.72 Å². The van der Waals surface area contributed by atoms with Crippen LogP contribution in [0.4, 0.5) is 8.78 Å². The largest absolute Gasteiger partial charge is 0.249 e. The number of sulfonamides is 1. The Morgan fingerprint density at radius 2 is 1.80 bits per heavy atom. The lowest BCUT2D eigenvalue weighted by Crippen LogP contribution is -2.38. The van der Waals surface area contributed by atoms with Gasteiger partial charge in [-0.05, 0) is 0 Å². The van der Waals surface area contributed by atoms with Crippen molar-refractivity contribution in [2.24, 2.45) is 0 Å². The van der Waals surface area contributed by atoms with Crippen LogP contribution in [0, 0.1) is 0 Å². The minimum absolute atomic E-state index is 0.225. The highest BCUT2D eigenvalue weighted by atomic mass is 32.2. The maximum Gasteiger partial charge on any atom is 0.244 e. The molecule has 15 heavy (non-hydrogen) atoms. The summed E-state index contributed by atoms with van der Waals surface area (Å²) in [6.45, 7) is -2.22. The summed E-state index contributed by atoms with van der Waals surface area (Å²) in [5.74, 6) is 0. The third kappa shape index (κ3) is 3.17. The van der Waals surface area contributed by atoms with Crippen molar-refractivity contribution < 1.29 is 17.2 Å². The molecule has 0 radical (unpaired) electrons. The van der Waals surface area contributed by atoms with Crippen LogP contribution >= 0.6 is 0 Å². The Bertz CT molecular complexity index is 394. The molecule has 1 N–H and O–H groups in total. The molecule has 1 aromatic rings. The minimum atomic E-state index is -3.94. The van der Waals surface area contributed by atoms with Gasteiger partial charge in [0.1, 0.15) is 24.6 Å². The Morgan fingerprint density at radius 3 is 2.27 bits per heavy atom. The molecule has 0 saturated carbocycles. The highest BCUT2D eigenvalue weighted by molar-refractivity contribution is 7.89. The van der Waals surface area contributed by atoms with Gasteiger partial charge in [0.15, 0.2) is 0 Å². The molecule has 0 unspecified atom stereocenters. The van der Waals surface area contributed by atoms with E-state index in [1.165, 1.54) is 0 Å². The van der Waals surface area contributed by atoms with Crippen LogP contribution in [0.25, 0.3) is 0 Å². The molecular weight excluding hydrogens is 228 g/mol. The lowest BCUT2D eigenvalue weighted by Gasteiger charge is -2.11. The topological polar surface area (TPSA) is 72.0 Å². The van der Waals surface area contributed by atoms with Crippen LogP contribution in [0.15, 0.2) is 23.6 Å². The predicted octanol–water partition coefficient (Wildman–Crippen LogP) is 0.0625. The van der Waals surface area contributed by atoms with Gasteiger partial charge in [-0.3, -0.25) is 0 Å². The smallest absolute Gasteiger partial charge is 0.244 e. The molecule has 0 aliphatic heterocycles. The summed E-state index contributed by atoms with van der Waals surface area (Å²) in [6, 6.07) is -1.37. The Kier molecular flexibility index (Phi) is 4.04. The van der Waals surface area contributed by atoms with Gasteiger partial charge in [0, 0.05) is 0 Å². The summed E-state index contributed by atoms with van der Waals surface area (Å²) in [5.41, 5.74) is 0. The molecule has 0 atom stereocenters. The summed E-state index contributed by atoms with van der Waals surface area (Å²) in [6.07, 6.45) is 3.24. The second-order valence-corrected chi connectivity index (χ2v) is 4.41. The van der Waals surface area contributed by atoms with Gasteiger partial charge < -0.3 is 0 Å². The highest BCUT2D eigenvalue weighted by Crippen LogP contribution is 2.05. The molecule has 84 valence electrons. The number of rotatable bonds is 5. The maximum atomic E-state index is 12.1. The summed E-state index contributed by atoms with van der Waals surface area (Å²) in [5, 5.41) is 0. The molecule has 5 nitrogen and oxygen atoms in total. The van der Waals surface area contributed by atoms with Crippen molar-refractivity contribution in [1.82, 2.24) is 14.7 Å². The summed E-state index contributed by atoms with van der Waals surface area (Å²) in [7, 11) is -3.94. The van der Waals surface area contributed by atoms with Gasteiger partial charge in [-0.15, -0.1) is 0 Å². The molecule has 1 heterocycles. The van der Waals surface area contributed by atoms with Gasteiger partial charge in [-0.25, -0.2) is 31.9 Å². The standard InChI is InChI=1S/C7H9F2N3O2S/c8-1-6(2-9)12-15(13,14)7-3-10-5-11-4-7/h3-6,12H,1-2H2. The molecule has 0 saturated heterocycles. The summed E-state index contributed by atoms with van der Waals surface area (Å²) in [4.78, 5) is 6.76. The summed E-state index contributed by atoms with van der Waals surface area (Å²) < 4.78 is 48.9. The molecule has 0 amide bonds. The van der Waals surface area contributed by atoms with E-state index in [0.29, 0.717) is 0 Å². The van der Waals surface area contributed by atoms with Gasteiger partial charge in [0.2, 0.25) is 10.0 Å². The van der Waals surface area contributed by atoms with Crippen LogP contribution in [0.1, 0.15) is 0 Å². The van der Waals surface area contributed by atoms with Gasteiger partial charge in [-0.1, -0.05) is 0 Å². The van der Waals surface area contributed by atoms with E-state index < -0.39 is 29.4 Å². The van der Waals surface area contributed by atoms with Crippen molar-refractivity contribution in [1.29, 1.82) is 0 Å². The first-order valence-corrected chi connectivity index (χ1v) is 5.47. The third-order valence-electron chi connectivity index (χ3n) is 1.54. The van der Waals surface area contributed by atoms with E-state index >= 15 is 0 Å². The van der Waals surface area contributed by atoms with E-state index in [1.54, 1.807) is 0 Å². The second kappa shape index (κ2) is 5.08. The normalized spacial score (nSPS) is 11.9. The molecule has 0 aliphatic rings. The van der Waals surface area contributed by atoms with Crippen LogP contribution in [0.3, 0.4) is 0 Å². The fourth-order valence-corrected chi connectivity index (χ4v) is 1.92. The van der Waals surface area contributed by atoms with Crippen molar-refractivity contribution in [2.45, 2.75) is 10.9 Å². The SMILES string of the molecule is O=S(=O)(NC(CF)CF)c1cncnc1. The van der Waals surface area contributed by atoms with E-state index in [2.05, 4.69) is 9.97 Å². The van der Waals surface area contributed by atoms with Crippen LogP contribution in [-0.4, -0.2) is 37.8 Å². The van der Waals surface area contributed by atoms with Crippen molar-refractivity contribution >= 4 is 10.0 Å². The van der Waals surface area contributed by atoms with E-state index in [4.69, 9.17) is 0 Å². The van der Waals surface area contributed by atoms with E-state index in [-0.39, 0.29) is 4.90 Å². The monoisotopic (exact) mass is 237 g/mol. The zero-order valence-corrected chi connectivity index (χ0v) is 8.42. The molecule has 1 rings (SSSR count). The summed E-state index contributed by atoms with van der Waals surface area (Å²) >= 11 is 0. The van der Waals surface area contributed by atoms with Crippen LogP contribution in [0.2, 0.25) is 0 Å². The number of nitrogens with one attached hydrogen (secondary N) is 1. The fourth-order valence-electron chi connectivity index (χ4n) is 0.816. The van der Waals surface area contributed by atoms with Crippen molar-refractivity contribution in [2.75, 3.05) is 13.3 Å². The second-order valence-electron chi connectivity index (χ2n) is 2.70. The first-order chi connectivity index (χ1) is 7.10. The molecule has 0 aliphatic carbocycles. The first kappa shape index (κ1) is 11.9. The Labute approximate surface area is 85.6 Å². The van der Waals surface area contributed by atoms with E-state index in [1.807, 2.05) is 4.72 Å². The number of aromatic nitrogens is 2. The number of hydrogen-bond acceptors (Lipinski definition) is 4. The molecule has 0 spiro atoms. The average molecular weight is 237 g/mol. The van der Waals surface area contributed by atoms with Crippen LogP contribution in [0.5, 0.6) is 0 Å². The molecule has 8 heteroatoms. The number of halogens is 2. The third-order valence-corrected chi connectivity index (χ3v) is 3.02. The van der Waals surface area contributed by atoms with Crippen molar-refractivity contribution in [3.8, 4) is 0 Å². The zero-order valence-electron chi connectivity index (χ0n) is 7.60. The fraction of sp³-hybridized carbons (Fsp3) is 0.429. The quantitative estimate of drug-likeness (QED) is 0.786. The van der Waals surface area contributed by atoms with Gasteiger partial charge >= 0.3 is 0 Å². The van der Waals surface area contributed by atoms with E-state index in [0.717, 1.165) is 18.7 Å². The lowest BCUT2D eigenvalue weighted by atomic mass is 10.4. The van der Waals surface area contributed by atoms with Crippen molar-refractivity contribution in [3.63, 3.8) is 0 Å². The Balaban J connectivity index is 2.85. The van der Waals surface area contributed by atoms with Gasteiger partial charge in [0.05, 0.1) is 18.4 Å². The maximum absolute atomic E-state index is 12.1. The van der Waals surface area contributed by atoms with E-state index in [9.17, 15) is 17.2 Å². The molecule has 0 aromatic carbocycles. The molecule has 0 fully saturated rings. The first-order valence-electron chi connectivity index (χ1n) is 3.99. The Hall–Kier alpha value is -1.15. The lowest BCUT2D eigenvalue weighted by molar-refractivity contribution is 0.334. The van der Waals surface area contributed by atoms with Gasteiger partial charge in [0.25, 0.3) is 0 Å². The average Bonchev–Trinajstić information content (AvgIpc) is 2.27. The van der Waals surface area contributed by atoms with Crippen molar-refractivity contribution in [3.05, 3.63) is 18.7 Å². The zero-order chi connectivity index (χ0) is 11.3. The molecule has 0 bridgehead atoms. The number of hydrogen-bond donors (Lipinski definition) is 1.